The lowest BCUT2D eigenvalue weighted by Gasteiger charge is -2.39. The SMILES string of the molecule is CN1CCC([C@H]2COc3cc(S(=O)(=O)NC(=O)c4ccc(N5CCN(CC6=C(c7ccc(Cl)cc7)CC(C)(C)CC6)CC5)cc4Oc4cnc5[nH]ccc5c4)cc([N+](=O)[O-])c3C2)CC1. The van der Waals surface area contributed by atoms with E-state index in [9.17, 15) is 23.3 Å². The van der Waals surface area contributed by atoms with E-state index >= 15 is 0 Å². The van der Waals surface area contributed by atoms with Gasteiger partial charge in [0, 0.05) is 79.1 Å². The number of halogens is 1. The number of H-pyrrole nitrogens is 1. The highest BCUT2D eigenvalue weighted by atomic mass is 35.5. The third-order valence-corrected chi connectivity index (χ3v) is 15.1. The molecular formula is C48H54ClN7O7S. The number of fused-ring (bicyclic) bond motifs is 2. The van der Waals surface area contributed by atoms with Crippen molar-refractivity contribution in [2.75, 3.05) is 64.4 Å². The number of nitrogens with zero attached hydrogens (tertiary/aromatic N) is 5. The van der Waals surface area contributed by atoms with Crippen molar-refractivity contribution in [3.8, 4) is 17.2 Å². The van der Waals surface area contributed by atoms with Crippen LogP contribution < -0.4 is 19.1 Å². The number of anilines is 1. The van der Waals surface area contributed by atoms with E-state index in [1.54, 1.807) is 30.5 Å². The first-order valence-electron chi connectivity index (χ1n) is 22.1. The van der Waals surface area contributed by atoms with Crippen LogP contribution in [0.15, 0.2) is 89.6 Å². The van der Waals surface area contributed by atoms with Crippen LogP contribution in [0.3, 0.4) is 0 Å². The average Bonchev–Trinajstić information content (AvgIpc) is 3.75. The predicted molar refractivity (Wildman–Crippen MR) is 248 cm³/mol. The molecule has 4 aliphatic rings. The number of hydrogen-bond acceptors (Lipinski definition) is 11. The fourth-order valence-corrected chi connectivity index (χ4v) is 10.9. The molecule has 2 N–H and O–H groups in total. The first-order chi connectivity index (χ1) is 30.7. The van der Waals surface area contributed by atoms with Gasteiger partial charge in [0.1, 0.15) is 22.9 Å². The number of carbonyl (C=O) groups is 1. The molecule has 2 saturated heterocycles. The van der Waals surface area contributed by atoms with Gasteiger partial charge in [-0.05, 0) is 118 Å². The Morgan fingerprint density at radius 1 is 1.02 bits per heavy atom. The van der Waals surface area contributed by atoms with Crippen LogP contribution >= 0.6 is 11.6 Å². The summed E-state index contributed by atoms with van der Waals surface area (Å²) < 4.78 is 42.5. The molecule has 3 aliphatic heterocycles. The van der Waals surface area contributed by atoms with Crippen LogP contribution in [0.25, 0.3) is 16.6 Å². The highest BCUT2D eigenvalue weighted by Crippen LogP contribution is 2.44. The molecule has 14 nitrogen and oxygen atoms in total. The first-order valence-corrected chi connectivity index (χ1v) is 23.9. The molecule has 5 aromatic rings. The van der Waals surface area contributed by atoms with Gasteiger partial charge in [0.05, 0.1) is 33.7 Å². The van der Waals surface area contributed by atoms with Crippen LogP contribution in [0.5, 0.6) is 17.2 Å². The maximum absolute atomic E-state index is 14.1. The number of ether oxygens (including phenoxy) is 2. The Labute approximate surface area is 378 Å². The third kappa shape index (κ3) is 9.49. The molecule has 1 amide bonds. The van der Waals surface area contributed by atoms with E-state index < -0.39 is 25.7 Å². The second kappa shape index (κ2) is 17.8. The van der Waals surface area contributed by atoms with E-state index in [2.05, 4.69) is 62.4 Å². The molecule has 1 atom stereocenters. The summed E-state index contributed by atoms with van der Waals surface area (Å²) in [6.07, 6.45) is 8.85. The highest BCUT2D eigenvalue weighted by molar-refractivity contribution is 7.90. The number of nitro benzene ring substituents is 1. The number of sulfonamides is 1. The third-order valence-electron chi connectivity index (χ3n) is 13.6. The quantitative estimate of drug-likeness (QED) is 0.0963. The number of pyridine rings is 1. The van der Waals surface area contributed by atoms with Gasteiger partial charge >= 0.3 is 0 Å². The summed E-state index contributed by atoms with van der Waals surface area (Å²) in [7, 11) is -2.53. The number of nitrogens with one attached hydrogen (secondary N) is 2. The van der Waals surface area contributed by atoms with Gasteiger partial charge in [-0.15, -0.1) is 0 Å². The summed E-state index contributed by atoms with van der Waals surface area (Å²) in [5.74, 6) is 0.118. The van der Waals surface area contributed by atoms with Crippen LogP contribution in [0, 0.1) is 27.4 Å². The summed E-state index contributed by atoms with van der Waals surface area (Å²) in [5.41, 5.74) is 5.81. The van der Waals surface area contributed by atoms with Crippen molar-refractivity contribution >= 4 is 55.5 Å². The molecule has 0 radical (unpaired) electrons. The van der Waals surface area contributed by atoms with Crippen LogP contribution in [-0.4, -0.2) is 98.5 Å². The number of rotatable bonds is 11. The molecule has 2 aromatic heterocycles. The van der Waals surface area contributed by atoms with Gasteiger partial charge in [-0.2, -0.15) is 0 Å². The minimum absolute atomic E-state index is 0.0355. The van der Waals surface area contributed by atoms with Gasteiger partial charge in [-0.3, -0.25) is 19.8 Å². The minimum Gasteiger partial charge on any atom is -0.493 e. The number of nitro groups is 1. The Morgan fingerprint density at radius 2 is 1.78 bits per heavy atom. The maximum Gasteiger partial charge on any atom is 0.277 e. The summed E-state index contributed by atoms with van der Waals surface area (Å²) >= 11 is 6.25. The lowest BCUT2D eigenvalue weighted by Crippen LogP contribution is -2.47. The van der Waals surface area contributed by atoms with Gasteiger partial charge in [0.25, 0.3) is 21.6 Å². The van der Waals surface area contributed by atoms with E-state index in [1.165, 1.54) is 29.0 Å². The highest BCUT2D eigenvalue weighted by Gasteiger charge is 2.36. The second-order valence-corrected chi connectivity index (χ2v) is 20.7. The number of carbonyl (C=O) groups excluding carboxylic acids is 1. The van der Waals surface area contributed by atoms with Crippen molar-refractivity contribution in [3.63, 3.8) is 0 Å². The number of piperazine rings is 1. The summed E-state index contributed by atoms with van der Waals surface area (Å²) in [6.45, 7) is 10.9. The number of allylic oxidation sites excluding steroid dienone is 1. The van der Waals surface area contributed by atoms with Gasteiger partial charge in [0.15, 0.2) is 0 Å². The van der Waals surface area contributed by atoms with E-state index in [-0.39, 0.29) is 34.1 Å². The van der Waals surface area contributed by atoms with Gasteiger partial charge in [-0.1, -0.05) is 43.2 Å². The van der Waals surface area contributed by atoms with Crippen molar-refractivity contribution in [1.29, 1.82) is 0 Å². The van der Waals surface area contributed by atoms with Crippen molar-refractivity contribution in [2.45, 2.75) is 57.3 Å². The Morgan fingerprint density at radius 3 is 2.53 bits per heavy atom. The van der Waals surface area contributed by atoms with Crippen LogP contribution in [0.1, 0.15) is 67.4 Å². The normalized spacial score (nSPS) is 19.9. The first kappa shape index (κ1) is 43.8. The monoisotopic (exact) mass is 907 g/mol. The van der Waals surface area contributed by atoms with Crippen LogP contribution in [0.4, 0.5) is 11.4 Å². The van der Waals surface area contributed by atoms with Crippen molar-refractivity contribution in [3.05, 3.63) is 117 Å². The van der Waals surface area contributed by atoms with Gasteiger partial charge in [-0.25, -0.2) is 18.1 Å². The zero-order valence-corrected chi connectivity index (χ0v) is 38.0. The fourth-order valence-electron chi connectivity index (χ4n) is 9.79. The number of amides is 1. The van der Waals surface area contributed by atoms with E-state index in [0.717, 1.165) is 100 Å². The summed E-state index contributed by atoms with van der Waals surface area (Å²) in [6, 6.07) is 19.2. The minimum atomic E-state index is -4.61. The Balaban J connectivity index is 0.943. The smallest absolute Gasteiger partial charge is 0.277 e. The average molecular weight is 909 g/mol. The number of aromatic amines is 1. The summed E-state index contributed by atoms with van der Waals surface area (Å²) in [5, 5.41) is 13.9. The number of benzene rings is 3. The van der Waals surface area contributed by atoms with Gasteiger partial charge < -0.3 is 24.3 Å². The van der Waals surface area contributed by atoms with Crippen molar-refractivity contribution in [1.82, 2.24) is 24.5 Å². The number of piperidine rings is 1. The second-order valence-electron chi connectivity index (χ2n) is 18.6. The zero-order chi connectivity index (χ0) is 44.8. The molecule has 0 saturated carbocycles. The Bertz CT molecular complexity index is 2720. The van der Waals surface area contributed by atoms with Gasteiger partial charge in [0.2, 0.25) is 0 Å². The molecule has 0 bridgehead atoms. The Hall–Kier alpha value is -5.48. The maximum atomic E-state index is 14.1. The Kier molecular flexibility index (Phi) is 12.2. The summed E-state index contributed by atoms with van der Waals surface area (Å²) in [4.78, 5) is 40.0. The lowest BCUT2D eigenvalue weighted by molar-refractivity contribution is -0.386. The molecular weight excluding hydrogens is 854 g/mol. The van der Waals surface area contributed by atoms with Crippen molar-refractivity contribution in [2.24, 2.45) is 17.3 Å². The van der Waals surface area contributed by atoms with E-state index in [0.29, 0.717) is 35.9 Å². The van der Waals surface area contributed by atoms with Crippen molar-refractivity contribution < 1.29 is 27.6 Å². The lowest BCUT2D eigenvalue weighted by atomic mass is 9.72. The van der Waals surface area contributed by atoms with Crippen LogP contribution in [0.2, 0.25) is 5.02 Å². The van der Waals surface area contributed by atoms with E-state index in [1.807, 2.05) is 18.2 Å². The largest absolute Gasteiger partial charge is 0.493 e. The molecule has 64 heavy (non-hydrogen) atoms. The molecule has 5 heterocycles. The molecule has 0 spiro atoms. The zero-order valence-electron chi connectivity index (χ0n) is 36.4. The molecule has 2 fully saturated rings. The van der Waals surface area contributed by atoms with E-state index in [4.69, 9.17) is 21.1 Å². The molecule has 16 heteroatoms. The molecule has 9 rings (SSSR count). The molecule has 3 aromatic carbocycles. The predicted octanol–water partition coefficient (Wildman–Crippen LogP) is 8.71. The standard InChI is InChI=1S/C48H54ClN7O7S/c1-48(2)14-10-34(42(27-48)32-4-6-36(49)7-5-32)29-54-18-20-55(21-19-54)37-8-9-40(45(24-37)63-38-22-33-11-15-50-46(33)51-28-38)47(57)52-64(60,61)39-25-43(56(58)59)41-23-35(30-62-44(41)26-39)31-12-16-53(3)17-13-31/h4-9,11,15,22,24-26,28,31,35H,10,12-14,16-21,23,27,29-30H2,1-3H3,(H,50,51)(H,52,57)/t35-/m1/s1. The molecule has 1 aliphatic carbocycles. The number of likely N-dealkylation sites (tertiary alicyclic amines) is 1. The molecule has 0 unspecified atom stereocenters. The molecule has 336 valence electrons. The topological polar surface area (TPSA) is 163 Å². The number of aromatic nitrogens is 2. The fraction of sp³-hybridized carbons (Fsp3) is 0.417. The number of hydrogen-bond donors (Lipinski definition) is 2. The van der Waals surface area contributed by atoms with Crippen LogP contribution in [-0.2, 0) is 16.4 Å².